The number of benzene rings is 2. The van der Waals surface area contributed by atoms with Gasteiger partial charge in [0.25, 0.3) is 11.5 Å². The van der Waals surface area contributed by atoms with Crippen molar-refractivity contribution in [2.24, 2.45) is 17.6 Å². The van der Waals surface area contributed by atoms with E-state index in [1.165, 1.54) is 23.1 Å². The van der Waals surface area contributed by atoms with Crippen LogP contribution in [0.5, 0.6) is 0 Å². The summed E-state index contributed by atoms with van der Waals surface area (Å²) in [6.45, 7) is 3.87. The maximum absolute atomic E-state index is 14.1. The summed E-state index contributed by atoms with van der Waals surface area (Å²) in [5, 5.41) is 11.1. The molecule has 10 heteroatoms. The van der Waals surface area contributed by atoms with Gasteiger partial charge >= 0.3 is 6.18 Å². The highest BCUT2D eigenvalue weighted by atomic mass is 35.5. The van der Waals surface area contributed by atoms with E-state index in [0.29, 0.717) is 47.2 Å². The molecule has 2 amide bonds. The highest BCUT2D eigenvalue weighted by Crippen LogP contribution is 2.42. The molecule has 2 aromatic rings. The summed E-state index contributed by atoms with van der Waals surface area (Å²) in [6, 6.07) is 10.8. The SMILES string of the molecule is CCc1cccc(C(O)(C(=O)N2CCC(CC3CCN(c4ccc(C(N)=O)c(Cl)c4)CC3)CC2)C(F)(F)F)c1. The molecule has 2 aromatic carbocycles. The van der Waals surface area contributed by atoms with E-state index in [9.17, 15) is 27.9 Å². The number of primary amides is 1. The number of anilines is 1. The molecule has 212 valence electrons. The molecule has 0 aromatic heterocycles. The predicted molar refractivity (Wildman–Crippen MR) is 145 cm³/mol. The number of hydrogen-bond acceptors (Lipinski definition) is 4. The minimum Gasteiger partial charge on any atom is -0.371 e. The molecule has 0 bridgehead atoms. The van der Waals surface area contributed by atoms with Crippen molar-refractivity contribution in [2.45, 2.75) is 57.2 Å². The Labute approximate surface area is 231 Å². The molecule has 4 rings (SSSR count). The van der Waals surface area contributed by atoms with Crippen molar-refractivity contribution in [1.29, 1.82) is 0 Å². The molecule has 1 unspecified atom stereocenters. The first-order chi connectivity index (χ1) is 18.4. The topological polar surface area (TPSA) is 86.9 Å². The summed E-state index contributed by atoms with van der Waals surface area (Å²) >= 11 is 6.20. The fraction of sp³-hybridized carbons (Fsp3) is 0.517. The third-order valence-electron chi connectivity index (χ3n) is 8.24. The van der Waals surface area contributed by atoms with Gasteiger partial charge in [-0.05, 0) is 74.1 Å². The third kappa shape index (κ3) is 6.19. The number of carbonyl (C=O) groups excluding carboxylic acids is 2. The van der Waals surface area contributed by atoms with Crippen molar-refractivity contribution in [3.8, 4) is 0 Å². The van der Waals surface area contributed by atoms with Gasteiger partial charge < -0.3 is 20.6 Å². The largest absolute Gasteiger partial charge is 0.430 e. The molecule has 2 aliphatic heterocycles. The van der Waals surface area contributed by atoms with Crippen molar-refractivity contribution in [3.05, 3.63) is 64.2 Å². The number of rotatable bonds is 7. The van der Waals surface area contributed by atoms with Gasteiger partial charge in [-0.1, -0.05) is 42.8 Å². The summed E-state index contributed by atoms with van der Waals surface area (Å²) in [4.78, 5) is 27.9. The maximum atomic E-state index is 14.1. The third-order valence-corrected chi connectivity index (χ3v) is 8.55. The first kappa shape index (κ1) is 29.2. The molecule has 2 saturated heterocycles. The Bertz CT molecular complexity index is 1190. The Morgan fingerprint density at radius 2 is 1.62 bits per heavy atom. The highest BCUT2D eigenvalue weighted by Gasteiger charge is 2.62. The number of likely N-dealkylation sites (tertiary alicyclic amines) is 1. The van der Waals surface area contributed by atoms with E-state index in [1.54, 1.807) is 25.1 Å². The van der Waals surface area contributed by atoms with Gasteiger partial charge in [-0.3, -0.25) is 9.59 Å². The summed E-state index contributed by atoms with van der Waals surface area (Å²) in [6.07, 6.45) is -0.523. The van der Waals surface area contributed by atoms with Gasteiger partial charge in [-0.25, -0.2) is 0 Å². The van der Waals surface area contributed by atoms with Gasteiger partial charge in [0.1, 0.15) is 0 Å². The Balaban J connectivity index is 1.32. The molecule has 2 fully saturated rings. The second-order valence-electron chi connectivity index (χ2n) is 10.7. The predicted octanol–water partition coefficient (Wildman–Crippen LogP) is 5.30. The van der Waals surface area contributed by atoms with Crippen molar-refractivity contribution in [1.82, 2.24) is 4.90 Å². The fourth-order valence-electron chi connectivity index (χ4n) is 5.82. The molecule has 0 radical (unpaired) electrons. The number of nitrogens with zero attached hydrogens (tertiary/aromatic N) is 2. The molecule has 0 spiro atoms. The van der Waals surface area contributed by atoms with Gasteiger partial charge in [0.15, 0.2) is 0 Å². The molecule has 3 N–H and O–H groups in total. The van der Waals surface area contributed by atoms with Gasteiger partial charge in [-0.2, -0.15) is 13.2 Å². The normalized spacial score (nSPS) is 19.1. The highest BCUT2D eigenvalue weighted by molar-refractivity contribution is 6.34. The van der Waals surface area contributed by atoms with E-state index in [-0.39, 0.29) is 13.1 Å². The van der Waals surface area contributed by atoms with E-state index in [2.05, 4.69) is 4.90 Å². The number of alkyl halides is 3. The van der Waals surface area contributed by atoms with Crippen molar-refractivity contribution < 1.29 is 27.9 Å². The van der Waals surface area contributed by atoms with Crippen molar-refractivity contribution >= 4 is 29.1 Å². The first-order valence-corrected chi connectivity index (χ1v) is 13.8. The van der Waals surface area contributed by atoms with Crippen LogP contribution in [0.15, 0.2) is 42.5 Å². The second kappa shape index (κ2) is 11.8. The number of halogens is 4. The zero-order valence-corrected chi connectivity index (χ0v) is 22.8. The van der Waals surface area contributed by atoms with E-state index in [0.717, 1.165) is 38.0 Å². The molecular weight excluding hydrogens is 531 g/mol. The number of hydrogen-bond donors (Lipinski definition) is 2. The maximum Gasteiger partial charge on any atom is 0.430 e. The van der Waals surface area contributed by atoms with Crippen LogP contribution in [0.2, 0.25) is 5.02 Å². The zero-order valence-electron chi connectivity index (χ0n) is 22.0. The van der Waals surface area contributed by atoms with E-state index >= 15 is 0 Å². The van der Waals surface area contributed by atoms with Crippen molar-refractivity contribution in [2.75, 3.05) is 31.1 Å². The lowest BCUT2D eigenvalue weighted by molar-refractivity contribution is -0.262. The van der Waals surface area contributed by atoms with Crippen LogP contribution < -0.4 is 10.6 Å². The molecule has 39 heavy (non-hydrogen) atoms. The van der Waals surface area contributed by atoms with Crippen LogP contribution in [0, 0.1) is 11.8 Å². The Morgan fingerprint density at radius 3 is 2.15 bits per heavy atom. The van der Waals surface area contributed by atoms with E-state index < -0.39 is 29.2 Å². The molecule has 2 aliphatic rings. The smallest absolute Gasteiger partial charge is 0.371 e. The van der Waals surface area contributed by atoms with Crippen LogP contribution in [-0.4, -0.2) is 54.2 Å². The van der Waals surface area contributed by atoms with Crippen LogP contribution in [0.25, 0.3) is 0 Å². The Kier molecular flexibility index (Phi) is 8.81. The fourth-order valence-corrected chi connectivity index (χ4v) is 6.09. The average Bonchev–Trinajstić information content (AvgIpc) is 2.92. The summed E-state index contributed by atoms with van der Waals surface area (Å²) < 4.78 is 42.4. The Morgan fingerprint density at radius 1 is 1.00 bits per heavy atom. The van der Waals surface area contributed by atoms with Crippen molar-refractivity contribution in [3.63, 3.8) is 0 Å². The number of amides is 2. The molecule has 2 heterocycles. The first-order valence-electron chi connectivity index (χ1n) is 13.5. The minimum atomic E-state index is -5.13. The van der Waals surface area contributed by atoms with Gasteiger partial charge in [0.05, 0.1) is 10.6 Å². The lowest BCUT2D eigenvalue weighted by Crippen LogP contribution is -2.57. The minimum absolute atomic E-state index is 0.193. The molecule has 0 aliphatic carbocycles. The van der Waals surface area contributed by atoms with Gasteiger partial charge in [0.2, 0.25) is 5.91 Å². The number of aryl methyl sites for hydroxylation is 1. The van der Waals surface area contributed by atoms with E-state index in [4.69, 9.17) is 17.3 Å². The van der Waals surface area contributed by atoms with Gasteiger partial charge in [0, 0.05) is 37.4 Å². The second-order valence-corrected chi connectivity index (χ2v) is 11.1. The van der Waals surface area contributed by atoms with Crippen LogP contribution in [-0.2, 0) is 16.8 Å². The van der Waals surface area contributed by atoms with Crippen LogP contribution in [0.3, 0.4) is 0 Å². The molecule has 6 nitrogen and oxygen atoms in total. The number of piperidine rings is 2. The quantitative estimate of drug-likeness (QED) is 0.477. The monoisotopic (exact) mass is 565 g/mol. The number of aliphatic hydroxyl groups is 1. The summed E-state index contributed by atoms with van der Waals surface area (Å²) in [5.74, 6) is -1.06. The molecular formula is C29H35ClF3N3O3. The zero-order chi connectivity index (χ0) is 28.4. The van der Waals surface area contributed by atoms with Crippen LogP contribution >= 0.6 is 11.6 Å². The van der Waals surface area contributed by atoms with Crippen LogP contribution in [0.1, 0.15) is 60.5 Å². The van der Waals surface area contributed by atoms with E-state index in [1.807, 2.05) is 6.07 Å². The lowest BCUT2D eigenvalue weighted by atomic mass is 9.82. The number of carbonyl (C=O) groups is 2. The molecule has 1 atom stereocenters. The summed E-state index contributed by atoms with van der Waals surface area (Å²) in [5.41, 5.74) is 3.20. The average molecular weight is 566 g/mol. The summed E-state index contributed by atoms with van der Waals surface area (Å²) in [7, 11) is 0. The molecule has 0 saturated carbocycles. The number of nitrogens with two attached hydrogens (primary N) is 1. The van der Waals surface area contributed by atoms with Crippen LogP contribution in [0.4, 0.5) is 18.9 Å². The lowest BCUT2D eigenvalue weighted by Gasteiger charge is -2.40. The Hall–Kier alpha value is -2.78. The standard InChI is InChI=1S/C29H35ClF3N3O3/c1-2-19-4-3-5-22(17-19)28(39,29(31,32)33)27(38)36-14-10-21(11-15-36)16-20-8-12-35(13-9-20)23-6-7-24(26(34)37)25(30)18-23/h3-7,17-18,20-21,39H,2,8-16H2,1H3,(H2,34,37). The van der Waals surface area contributed by atoms with Gasteiger partial charge in [-0.15, -0.1) is 0 Å².